The molecule has 1 aliphatic rings. The second kappa shape index (κ2) is 5.19. The van der Waals surface area contributed by atoms with Crippen molar-refractivity contribution in [2.24, 2.45) is 5.11 Å². The molecule has 0 saturated carbocycles. The van der Waals surface area contributed by atoms with Crippen LogP contribution in [-0.4, -0.2) is 59.4 Å². The topological polar surface area (TPSA) is 214 Å². The monoisotopic (exact) mass is 323 g/mol. The summed E-state index contributed by atoms with van der Waals surface area (Å²) in [6.07, 6.45) is -3.18. The van der Waals surface area contributed by atoms with Gasteiger partial charge in [0.25, 0.3) is 0 Å². The molecule has 0 bridgehead atoms. The number of nitrogens with two attached hydrogens (primary N) is 2. The number of anilines is 2. The molecule has 23 heavy (non-hydrogen) atoms. The summed E-state index contributed by atoms with van der Waals surface area (Å²) in [4.78, 5) is 14.3. The third-order valence-corrected chi connectivity index (χ3v) is 3.58. The number of hydrogen-bond donors (Lipinski definition) is 5. The molecule has 0 radical (unpaired) electrons. The summed E-state index contributed by atoms with van der Waals surface area (Å²) < 4.78 is 6.66. The molecule has 3 rings (SSSR count). The maximum absolute atomic E-state index is 10.2. The van der Waals surface area contributed by atoms with Crippen molar-refractivity contribution in [3.63, 3.8) is 0 Å². The van der Waals surface area contributed by atoms with Gasteiger partial charge in [0.2, 0.25) is 11.7 Å². The van der Waals surface area contributed by atoms with E-state index in [0.717, 1.165) is 0 Å². The number of aliphatic hydroxyl groups is 3. The van der Waals surface area contributed by atoms with Gasteiger partial charge in [-0.1, -0.05) is 5.11 Å². The number of ether oxygens (including phenoxy) is 1. The fraction of sp³-hybridized carbons (Fsp3) is 0.500. The molecule has 0 aromatic carbocycles. The van der Waals surface area contributed by atoms with Crippen LogP contribution in [0.1, 0.15) is 6.23 Å². The standard InChI is InChI=1S/C10H13N9O4/c11-6-3-7(16-9(12)15-6)19(2-14-3)8-4(21)5(22)10(1-20,23-8)17-18-13/h2,4-5,8,20-22H,1H2,(H4,11,12,15,16). The van der Waals surface area contributed by atoms with Crippen molar-refractivity contribution in [1.29, 1.82) is 0 Å². The van der Waals surface area contributed by atoms with Crippen LogP contribution in [0.3, 0.4) is 0 Å². The SMILES string of the molecule is [N-]=[N+]=NC1(CO)OC(n2cnc3c(N)nc(N)nc32)C(O)C1O. The minimum Gasteiger partial charge on any atom is -0.393 e. The predicted molar refractivity (Wildman–Crippen MR) is 75.2 cm³/mol. The number of nitrogen functional groups attached to an aromatic ring is 2. The highest BCUT2D eigenvalue weighted by atomic mass is 16.6. The normalized spacial score (nSPS) is 30.5. The summed E-state index contributed by atoms with van der Waals surface area (Å²) >= 11 is 0. The first-order valence-electron chi connectivity index (χ1n) is 6.40. The van der Waals surface area contributed by atoms with Crippen molar-refractivity contribution < 1.29 is 20.1 Å². The fourth-order valence-electron chi connectivity index (χ4n) is 2.46. The minimum atomic E-state index is -2.03. The van der Waals surface area contributed by atoms with E-state index in [2.05, 4.69) is 25.0 Å². The molecule has 13 heteroatoms. The van der Waals surface area contributed by atoms with Crippen LogP contribution in [-0.2, 0) is 4.74 Å². The number of hydrogen-bond acceptors (Lipinski definition) is 10. The van der Waals surface area contributed by atoms with Gasteiger partial charge in [-0.3, -0.25) is 4.57 Å². The van der Waals surface area contributed by atoms with Crippen LogP contribution >= 0.6 is 0 Å². The van der Waals surface area contributed by atoms with E-state index in [1.165, 1.54) is 10.9 Å². The number of imidazole rings is 1. The highest BCUT2D eigenvalue weighted by Crippen LogP contribution is 2.39. The third-order valence-electron chi connectivity index (χ3n) is 3.58. The quantitative estimate of drug-likeness (QED) is 0.245. The molecule has 4 unspecified atom stereocenters. The molecule has 2 aromatic rings. The van der Waals surface area contributed by atoms with Gasteiger partial charge in [-0.05, 0) is 5.53 Å². The van der Waals surface area contributed by atoms with Gasteiger partial charge in [0.15, 0.2) is 17.7 Å². The lowest BCUT2D eigenvalue weighted by Gasteiger charge is -2.23. The van der Waals surface area contributed by atoms with E-state index in [0.29, 0.717) is 0 Å². The van der Waals surface area contributed by atoms with Crippen LogP contribution in [0.2, 0.25) is 0 Å². The van der Waals surface area contributed by atoms with Gasteiger partial charge in [-0.2, -0.15) is 9.97 Å². The molecule has 2 aromatic heterocycles. The van der Waals surface area contributed by atoms with E-state index in [4.69, 9.17) is 21.7 Å². The maximum atomic E-state index is 10.2. The molecule has 122 valence electrons. The Morgan fingerprint density at radius 3 is 2.83 bits per heavy atom. The lowest BCUT2D eigenvalue weighted by atomic mass is 10.1. The van der Waals surface area contributed by atoms with Gasteiger partial charge in [0, 0.05) is 4.91 Å². The van der Waals surface area contributed by atoms with E-state index >= 15 is 0 Å². The molecule has 0 amide bonds. The number of fused-ring (bicyclic) bond motifs is 1. The second-order valence-electron chi connectivity index (χ2n) is 4.93. The van der Waals surface area contributed by atoms with Gasteiger partial charge in [-0.15, -0.1) is 0 Å². The number of nitrogens with zero attached hydrogens (tertiary/aromatic N) is 7. The Kier molecular flexibility index (Phi) is 3.43. The zero-order chi connectivity index (χ0) is 16.8. The minimum absolute atomic E-state index is 0.0303. The largest absolute Gasteiger partial charge is 0.393 e. The zero-order valence-corrected chi connectivity index (χ0v) is 11.6. The molecular weight excluding hydrogens is 310 g/mol. The first-order chi connectivity index (χ1) is 10.9. The average Bonchev–Trinajstić information content (AvgIpc) is 3.03. The summed E-state index contributed by atoms with van der Waals surface area (Å²) in [5.41, 5.74) is 18.2. The third kappa shape index (κ3) is 2.11. The van der Waals surface area contributed by atoms with E-state index in [1.54, 1.807) is 0 Å². The van der Waals surface area contributed by atoms with Crippen LogP contribution in [0.15, 0.2) is 11.4 Å². The molecule has 3 heterocycles. The van der Waals surface area contributed by atoms with Crippen molar-refractivity contribution in [3.8, 4) is 0 Å². The van der Waals surface area contributed by atoms with Crippen molar-refractivity contribution in [2.75, 3.05) is 18.1 Å². The summed E-state index contributed by atoms with van der Waals surface area (Å²) in [5.74, 6) is -0.0870. The molecular formula is C10H13N9O4. The Bertz CT molecular complexity index is 803. The Morgan fingerprint density at radius 2 is 2.17 bits per heavy atom. The molecule has 13 nitrogen and oxygen atoms in total. The molecule has 1 fully saturated rings. The predicted octanol–water partition coefficient (Wildman–Crippen LogP) is -1.76. The highest BCUT2D eigenvalue weighted by molar-refractivity contribution is 5.82. The Labute approximate surface area is 127 Å². The molecule has 4 atom stereocenters. The Balaban J connectivity index is 2.11. The van der Waals surface area contributed by atoms with Crippen LogP contribution in [0.25, 0.3) is 21.6 Å². The average molecular weight is 323 g/mol. The van der Waals surface area contributed by atoms with Gasteiger partial charge in [0.1, 0.15) is 17.7 Å². The molecule has 7 N–H and O–H groups in total. The summed E-state index contributed by atoms with van der Waals surface area (Å²) in [5, 5.41) is 32.9. The van der Waals surface area contributed by atoms with Gasteiger partial charge >= 0.3 is 0 Å². The molecule has 1 saturated heterocycles. The lowest BCUT2D eigenvalue weighted by Crippen LogP contribution is -2.44. The summed E-state index contributed by atoms with van der Waals surface area (Å²) in [7, 11) is 0. The highest BCUT2D eigenvalue weighted by Gasteiger charge is 2.55. The van der Waals surface area contributed by atoms with E-state index < -0.39 is 30.8 Å². The number of aromatic nitrogens is 4. The van der Waals surface area contributed by atoms with E-state index in [9.17, 15) is 15.3 Å². The van der Waals surface area contributed by atoms with Crippen molar-refractivity contribution >= 4 is 22.9 Å². The number of azide groups is 1. The first kappa shape index (κ1) is 15.2. The molecule has 0 aliphatic carbocycles. The van der Waals surface area contributed by atoms with Crippen molar-refractivity contribution in [2.45, 2.75) is 24.2 Å². The molecule has 1 aliphatic heterocycles. The van der Waals surface area contributed by atoms with Crippen LogP contribution in [0, 0.1) is 0 Å². The lowest BCUT2D eigenvalue weighted by molar-refractivity contribution is -0.123. The Morgan fingerprint density at radius 1 is 1.43 bits per heavy atom. The van der Waals surface area contributed by atoms with E-state index in [1.807, 2.05) is 0 Å². The summed E-state index contributed by atoms with van der Waals surface area (Å²) in [6.45, 7) is -0.836. The van der Waals surface area contributed by atoms with E-state index in [-0.39, 0.29) is 22.9 Å². The smallest absolute Gasteiger partial charge is 0.224 e. The van der Waals surface area contributed by atoms with Gasteiger partial charge in [-0.25, -0.2) is 4.98 Å². The number of rotatable bonds is 3. The fourth-order valence-corrected chi connectivity index (χ4v) is 2.46. The van der Waals surface area contributed by atoms with Crippen molar-refractivity contribution in [3.05, 3.63) is 16.8 Å². The first-order valence-corrected chi connectivity index (χ1v) is 6.40. The summed E-state index contributed by atoms with van der Waals surface area (Å²) in [6, 6.07) is 0. The van der Waals surface area contributed by atoms with Gasteiger partial charge < -0.3 is 31.5 Å². The Hall–Kier alpha value is -2.70. The van der Waals surface area contributed by atoms with Crippen LogP contribution in [0.5, 0.6) is 0 Å². The molecule has 0 spiro atoms. The van der Waals surface area contributed by atoms with Crippen LogP contribution < -0.4 is 11.5 Å². The maximum Gasteiger partial charge on any atom is 0.224 e. The van der Waals surface area contributed by atoms with Crippen molar-refractivity contribution in [1.82, 2.24) is 19.5 Å². The zero-order valence-electron chi connectivity index (χ0n) is 11.6. The van der Waals surface area contributed by atoms with Crippen LogP contribution in [0.4, 0.5) is 11.8 Å². The second-order valence-corrected chi connectivity index (χ2v) is 4.93. The van der Waals surface area contributed by atoms with Gasteiger partial charge in [0.05, 0.1) is 12.9 Å². The number of aliphatic hydroxyl groups excluding tert-OH is 3.